The molecular weight excluding hydrogens is 1010 g/mol. The van der Waals surface area contributed by atoms with Gasteiger partial charge < -0.3 is 58.7 Å². The maximum atomic E-state index is 17.2. The van der Waals surface area contributed by atoms with Crippen molar-refractivity contribution in [3.05, 3.63) is 107 Å². The molecule has 3 aromatic heterocycles. The van der Waals surface area contributed by atoms with E-state index in [1.807, 2.05) is 81.7 Å². The monoisotopic (exact) mass is 1080 g/mol. The number of terminal acetylenes is 1. The van der Waals surface area contributed by atoms with E-state index in [2.05, 4.69) is 32.6 Å². The normalized spacial score (nSPS) is 23.6. The van der Waals surface area contributed by atoms with Crippen molar-refractivity contribution in [2.75, 3.05) is 27.4 Å². The van der Waals surface area contributed by atoms with Crippen LogP contribution in [0.4, 0.5) is 14.0 Å². The number of amides is 4. The van der Waals surface area contributed by atoms with E-state index in [0.717, 1.165) is 58.2 Å². The highest BCUT2D eigenvalue weighted by Gasteiger charge is 2.53. The van der Waals surface area contributed by atoms with Crippen molar-refractivity contribution in [3.63, 3.8) is 0 Å². The number of alkyl carbamates (subject to hydrolysis) is 2. The number of aryl methyl sites for hydroxylation is 1. The molecule has 19 heteroatoms. The van der Waals surface area contributed by atoms with E-state index in [0.29, 0.717) is 78.0 Å². The molecule has 79 heavy (non-hydrogen) atoms. The van der Waals surface area contributed by atoms with Crippen LogP contribution in [0.1, 0.15) is 102 Å². The van der Waals surface area contributed by atoms with Crippen LogP contribution >= 0.6 is 0 Å². The van der Waals surface area contributed by atoms with Gasteiger partial charge in [0.05, 0.1) is 92.2 Å². The Balaban J connectivity index is 0.914. The molecule has 6 aromatic rings. The number of aromatic amines is 2. The fourth-order valence-corrected chi connectivity index (χ4v) is 12.4. The maximum absolute atomic E-state index is 17.2. The standard InChI is InChI=1S/C60H66FN9O9/c1-9-41-34(6)54(41)69(57(72)53(67-60(74)76-8)40-21-32(4)78-33(5)22-40)30-51-62-28-44(64-51)35-14-16-46-39(23-35)26-48-52-42(61)25-38(27-50(52)79-58(70(46)48)37-15-17-49-36(24-37)12-11-19-77-49)45-29-63-55(65-45)47-13-10-18-68(47)56(71)43(20-31(2)3)66-59(73)75-7/h1,14-17,20,23-29,32-34,40-41,43,47,53-54,58H,10-13,18-19,21-22,30H2,2-8H3,(H,62,64)(H,63,65)(H,66,73)(H,67,74). The first-order valence-corrected chi connectivity index (χ1v) is 27.2. The Bertz CT molecular complexity index is 3420. The Morgan fingerprint density at radius 2 is 1.68 bits per heavy atom. The van der Waals surface area contributed by atoms with Gasteiger partial charge in [0.2, 0.25) is 18.0 Å². The van der Waals surface area contributed by atoms with Gasteiger partial charge in [-0.05, 0) is 132 Å². The van der Waals surface area contributed by atoms with Gasteiger partial charge in [0.1, 0.15) is 41.0 Å². The third-order valence-corrected chi connectivity index (χ3v) is 16.2. The summed E-state index contributed by atoms with van der Waals surface area (Å²) in [6, 6.07) is 14.9. The minimum Gasteiger partial charge on any atom is -0.493 e. The summed E-state index contributed by atoms with van der Waals surface area (Å²) in [5.41, 5.74) is 7.10. The number of ether oxygens (including phenoxy) is 5. The van der Waals surface area contributed by atoms with E-state index in [4.69, 9.17) is 40.1 Å². The number of nitrogens with one attached hydrogen (secondary N) is 4. The van der Waals surface area contributed by atoms with Crippen molar-refractivity contribution in [1.29, 1.82) is 0 Å². The number of carbonyl (C=O) groups excluding carboxylic acids is 4. The lowest BCUT2D eigenvalue weighted by Gasteiger charge is -2.38. The molecule has 7 heterocycles. The van der Waals surface area contributed by atoms with Crippen molar-refractivity contribution in [1.82, 2.24) is 44.9 Å². The molecule has 1 aliphatic carbocycles. The summed E-state index contributed by atoms with van der Waals surface area (Å²) >= 11 is 0. The molecule has 1 saturated carbocycles. The van der Waals surface area contributed by atoms with Gasteiger partial charge in [-0.3, -0.25) is 9.59 Å². The Hall–Kier alpha value is -8.11. The molecule has 0 spiro atoms. The Morgan fingerprint density at radius 1 is 0.924 bits per heavy atom. The number of aromatic nitrogens is 5. The van der Waals surface area contributed by atoms with Gasteiger partial charge in [0, 0.05) is 34.5 Å². The van der Waals surface area contributed by atoms with Gasteiger partial charge in [-0.1, -0.05) is 24.6 Å². The Labute approximate surface area is 457 Å². The number of methoxy groups -OCH3 is 2. The number of allylic oxidation sites excluding steroid dienone is 1. The van der Waals surface area contributed by atoms with Gasteiger partial charge in [0.15, 0.2) is 0 Å². The van der Waals surface area contributed by atoms with Crippen LogP contribution in [-0.4, -0.2) is 116 Å². The molecule has 2 saturated heterocycles. The van der Waals surface area contributed by atoms with E-state index in [-0.39, 0.29) is 54.4 Å². The minimum absolute atomic E-state index is 0.0399. The number of nitrogens with zero attached hydrogens (tertiary/aromatic N) is 5. The fourth-order valence-electron chi connectivity index (χ4n) is 12.4. The number of fused-ring (bicyclic) bond motifs is 6. The molecule has 9 unspecified atom stereocenters. The zero-order valence-electron chi connectivity index (χ0n) is 45.4. The van der Waals surface area contributed by atoms with Gasteiger partial charge in [-0.15, -0.1) is 12.3 Å². The van der Waals surface area contributed by atoms with E-state index < -0.39 is 42.4 Å². The minimum atomic E-state index is -0.927. The highest BCUT2D eigenvalue weighted by atomic mass is 19.1. The van der Waals surface area contributed by atoms with E-state index in [9.17, 15) is 19.2 Å². The molecule has 3 aromatic carbocycles. The summed E-state index contributed by atoms with van der Waals surface area (Å²) in [4.78, 5) is 73.6. The average Bonchev–Trinajstić information content (AvgIpc) is 4.33. The predicted molar refractivity (Wildman–Crippen MR) is 292 cm³/mol. The van der Waals surface area contributed by atoms with Gasteiger partial charge in [-0.25, -0.2) is 23.9 Å². The molecule has 3 fully saturated rings. The number of carbonyl (C=O) groups is 4. The first-order valence-electron chi connectivity index (χ1n) is 27.2. The molecule has 4 aliphatic heterocycles. The molecule has 0 radical (unpaired) electrons. The zero-order chi connectivity index (χ0) is 55.4. The van der Waals surface area contributed by atoms with Crippen LogP contribution in [0.25, 0.3) is 44.7 Å². The Morgan fingerprint density at radius 3 is 2.43 bits per heavy atom. The van der Waals surface area contributed by atoms with Crippen molar-refractivity contribution in [3.8, 4) is 57.6 Å². The number of rotatable bonds is 13. The molecule has 18 nitrogen and oxygen atoms in total. The van der Waals surface area contributed by atoms with Crippen LogP contribution in [0, 0.1) is 35.9 Å². The number of likely N-dealkylation sites (tertiary alicyclic amines) is 1. The third-order valence-electron chi connectivity index (χ3n) is 16.2. The molecule has 412 valence electrons. The number of hydrogen-bond acceptors (Lipinski definition) is 11. The first kappa shape index (κ1) is 52.9. The zero-order valence-corrected chi connectivity index (χ0v) is 45.4. The lowest BCUT2D eigenvalue weighted by molar-refractivity contribution is -0.139. The summed E-state index contributed by atoms with van der Waals surface area (Å²) < 4.78 is 48.0. The number of benzene rings is 3. The number of imidazole rings is 2. The molecule has 5 aliphatic rings. The second-order valence-corrected chi connectivity index (χ2v) is 21.9. The first-order chi connectivity index (χ1) is 38.1. The highest BCUT2D eigenvalue weighted by Crippen LogP contribution is 2.49. The predicted octanol–water partition coefficient (Wildman–Crippen LogP) is 9.37. The third kappa shape index (κ3) is 10.3. The summed E-state index contributed by atoms with van der Waals surface area (Å²) in [5, 5.41) is 6.33. The molecule has 0 bridgehead atoms. The van der Waals surface area contributed by atoms with E-state index >= 15 is 4.39 Å². The van der Waals surface area contributed by atoms with Crippen LogP contribution in [0.3, 0.4) is 0 Å². The molecule has 9 atom stereocenters. The summed E-state index contributed by atoms with van der Waals surface area (Å²) in [7, 11) is 2.54. The number of hydrogen-bond donors (Lipinski definition) is 4. The second-order valence-electron chi connectivity index (χ2n) is 21.9. The van der Waals surface area contributed by atoms with Crippen molar-refractivity contribution >= 4 is 34.9 Å². The topological polar surface area (TPSA) is 207 Å². The SMILES string of the molecule is C#CC1C(C)C1N(Cc1ncc(-c2ccc3c(c2)cc2n3C(c3ccc4c(c3)CCCO4)Oc3cc(-c4cnc(C5CCCN5C(=O)C(C=C(C)C)NC(=O)OC)[nH]4)cc(F)c3-2)[nH]1)C(=O)C(NC(=O)OC)C1CC(C)OC(C)C1. The van der Waals surface area contributed by atoms with E-state index in [1.165, 1.54) is 20.3 Å². The van der Waals surface area contributed by atoms with E-state index in [1.54, 1.807) is 28.3 Å². The van der Waals surface area contributed by atoms with Gasteiger partial charge >= 0.3 is 12.2 Å². The maximum Gasteiger partial charge on any atom is 0.407 e. The summed E-state index contributed by atoms with van der Waals surface area (Å²) in [5.74, 6) is 3.76. The number of H-pyrrole nitrogens is 2. The Kier molecular flexibility index (Phi) is 14.5. The molecule has 4 N–H and O–H groups in total. The lowest BCUT2D eigenvalue weighted by atomic mass is 9.85. The van der Waals surface area contributed by atoms with Crippen molar-refractivity contribution < 1.29 is 47.3 Å². The quantitative estimate of drug-likeness (QED) is 0.0633. The largest absolute Gasteiger partial charge is 0.493 e. The van der Waals surface area contributed by atoms with Crippen LogP contribution < -0.4 is 20.1 Å². The van der Waals surface area contributed by atoms with Gasteiger partial charge in [-0.2, -0.15) is 0 Å². The molecule has 4 amide bonds. The molecular formula is C60H66FN9O9. The molecule has 11 rings (SSSR count). The highest BCUT2D eigenvalue weighted by molar-refractivity contribution is 5.93. The fraction of sp³-hybridized carbons (Fsp3) is 0.433. The summed E-state index contributed by atoms with van der Waals surface area (Å²) in [6.07, 6.45) is 13.0. The second kappa shape index (κ2) is 21.6. The van der Waals surface area contributed by atoms with Crippen LogP contribution in [0.2, 0.25) is 0 Å². The van der Waals surface area contributed by atoms with Crippen LogP contribution in [0.15, 0.2) is 78.6 Å². The van der Waals surface area contributed by atoms with Crippen LogP contribution in [-0.2, 0) is 36.8 Å². The van der Waals surface area contributed by atoms with Crippen LogP contribution in [0.5, 0.6) is 11.5 Å². The average molecular weight is 1080 g/mol. The van der Waals surface area contributed by atoms with Gasteiger partial charge in [0.25, 0.3) is 0 Å². The summed E-state index contributed by atoms with van der Waals surface area (Å²) in [6.45, 7) is 10.9. The van der Waals surface area contributed by atoms with Crippen molar-refractivity contribution in [2.24, 2.45) is 17.8 Å². The smallest absolute Gasteiger partial charge is 0.407 e. The number of halogens is 1. The van der Waals surface area contributed by atoms with Crippen molar-refractivity contribution in [2.45, 2.75) is 122 Å². The lowest BCUT2D eigenvalue weighted by Crippen LogP contribution is -2.55.